The third-order valence-electron chi connectivity index (χ3n) is 3.02. The van der Waals surface area contributed by atoms with Crippen LogP contribution in [0.25, 0.3) is 0 Å². The Morgan fingerprint density at radius 3 is 2.64 bits per heavy atom. The van der Waals surface area contributed by atoms with Gasteiger partial charge in [-0.1, -0.05) is 0 Å². The molecule has 7 heteroatoms. The normalized spacial score (nSPS) is 10.3. The van der Waals surface area contributed by atoms with Crippen LogP contribution in [0.2, 0.25) is 0 Å². The molecule has 1 aromatic carbocycles. The lowest BCUT2D eigenvalue weighted by molar-refractivity contribution is 0.197. The van der Waals surface area contributed by atoms with Crippen molar-refractivity contribution in [2.24, 2.45) is 0 Å². The van der Waals surface area contributed by atoms with Crippen molar-refractivity contribution in [2.45, 2.75) is 6.42 Å². The number of nitrogens with one attached hydrogen (secondary N) is 2. The zero-order chi connectivity index (χ0) is 15.8. The van der Waals surface area contributed by atoms with Gasteiger partial charge < -0.3 is 20.3 Å². The highest BCUT2D eigenvalue weighted by Crippen LogP contribution is 2.18. The summed E-state index contributed by atoms with van der Waals surface area (Å²) in [6.45, 7) is 1.45. The first-order valence-corrected chi connectivity index (χ1v) is 7.16. The van der Waals surface area contributed by atoms with Crippen LogP contribution in [0.4, 0.5) is 23.1 Å². The molecule has 0 radical (unpaired) electrons. The van der Waals surface area contributed by atoms with Crippen LogP contribution in [-0.2, 0) is 4.74 Å². The summed E-state index contributed by atoms with van der Waals surface area (Å²) >= 11 is 0. The molecule has 0 spiro atoms. The molecule has 1 aromatic heterocycles. The Morgan fingerprint density at radius 1 is 1.18 bits per heavy atom. The molecule has 2 rings (SSSR count). The van der Waals surface area contributed by atoms with E-state index in [1.807, 2.05) is 38.4 Å². The summed E-state index contributed by atoms with van der Waals surface area (Å²) in [5, 5.41) is 14.2. The molecule has 2 aromatic rings. The maximum atomic E-state index is 5.00. The molecule has 0 atom stereocenters. The van der Waals surface area contributed by atoms with Crippen molar-refractivity contribution < 1.29 is 4.74 Å². The lowest BCUT2D eigenvalue weighted by Gasteiger charge is -2.13. The Morgan fingerprint density at radius 2 is 1.95 bits per heavy atom. The van der Waals surface area contributed by atoms with Crippen LogP contribution < -0.4 is 15.5 Å². The summed E-state index contributed by atoms with van der Waals surface area (Å²) in [5.41, 5.74) is 2.10. The minimum atomic E-state index is 0.506. The van der Waals surface area contributed by atoms with E-state index in [0.717, 1.165) is 24.3 Å². The molecule has 118 valence electrons. The maximum absolute atomic E-state index is 5.00. The highest BCUT2D eigenvalue weighted by atomic mass is 16.5. The number of hydrogen-bond donors (Lipinski definition) is 2. The molecule has 0 aliphatic rings. The molecule has 0 amide bonds. The van der Waals surface area contributed by atoms with Gasteiger partial charge >= 0.3 is 0 Å². The average molecular weight is 302 g/mol. The van der Waals surface area contributed by atoms with E-state index in [0.29, 0.717) is 18.4 Å². The monoisotopic (exact) mass is 302 g/mol. The van der Waals surface area contributed by atoms with E-state index in [1.165, 1.54) is 0 Å². The second-order valence-corrected chi connectivity index (χ2v) is 5.00. The fourth-order valence-electron chi connectivity index (χ4n) is 1.85. The Bertz CT molecular complexity index is 573. The van der Waals surface area contributed by atoms with Gasteiger partial charge in [-0.2, -0.15) is 10.1 Å². The Kier molecular flexibility index (Phi) is 5.91. The van der Waals surface area contributed by atoms with Gasteiger partial charge in [0.25, 0.3) is 0 Å². The summed E-state index contributed by atoms with van der Waals surface area (Å²) in [6.07, 6.45) is 2.49. The minimum Gasteiger partial charge on any atom is -0.385 e. The highest BCUT2D eigenvalue weighted by Gasteiger charge is 2.02. The average Bonchev–Trinajstić information content (AvgIpc) is 2.52. The fraction of sp³-hybridized carbons (Fsp3) is 0.400. The van der Waals surface area contributed by atoms with Crippen molar-refractivity contribution in [2.75, 3.05) is 49.9 Å². The van der Waals surface area contributed by atoms with E-state index in [1.54, 1.807) is 13.3 Å². The SMILES string of the molecule is COCCCNc1nncc(Nc2ccc(N(C)C)cc2)n1. The first-order chi connectivity index (χ1) is 10.7. The molecule has 0 aliphatic carbocycles. The number of aromatic nitrogens is 3. The number of methoxy groups -OCH3 is 1. The Hall–Kier alpha value is -2.41. The predicted molar refractivity (Wildman–Crippen MR) is 88.9 cm³/mol. The van der Waals surface area contributed by atoms with Crippen molar-refractivity contribution >= 4 is 23.1 Å². The van der Waals surface area contributed by atoms with E-state index >= 15 is 0 Å². The Balaban J connectivity index is 1.94. The van der Waals surface area contributed by atoms with E-state index in [4.69, 9.17) is 4.74 Å². The molecule has 0 saturated heterocycles. The number of anilines is 4. The number of benzene rings is 1. The van der Waals surface area contributed by atoms with Gasteiger partial charge in [0.15, 0.2) is 5.82 Å². The van der Waals surface area contributed by atoms with Gasteiger partial charge in [0.1, 0.15) is 0 Å². The van der Waals surface area contributed by atoms with E-state index in [-0.39, 0.29) is 0 Å². The topological polar surface area (TPSA) is 75.2 Å². The summed E-state index contributed by atoms with van der Waals surface area (Å²) < 4.78 is 5.00. The first kappa shape index (κ1) is 16.0. The maximum Gasteiger partial charge on any atom is 0.244 e. The van der Waals surface area contributed by atoms with Crippen molar-refractivity contribution in [1.82, 2.24) is 15.2 Å². The lowest BCUT2D eigenvalue weighted by atomic mass is 10.2. The van der Waals surface area contributed by atoms with Crippen LogP contribution in [0.3, 0.4) is 0 Å². The zero-order valence-corrected chi connectivity index (χ0v) is 13.2. The third kappa shape index (κ3) is 4.85. The lowest BCUT2D eigenvalue weighted by Crippen LogP contribution is -2.09. The largest absolute Gasteiger partial charge is 0.385 e. The van der Waals surface area contributed by atoms with Gasteiger partial charge in [-0.25, -0.2) is 0 Å². The van der Waals surface area contributed by atoms with E-state index in [2.05, 4.69) is 30.7 Å². The number of rotatable bonds is 8. The standard InChI is InChI=1S/C15H22N6O/c1-21(2)13-7-5-12(6-8-13)18-14-11-17-20-15(19-14)16-9-4-10-22-3/h5-8,11H,4,9-10H2,1-3H3,(H2,16,18,19,20). The van der Waals surface area contributed by atoms with Crippen LogP contribution in [0.15, 0.2) is 30.5 Å². The zero-order valence-electron chi connectivity index (χ0n) is 13.2. The van der Waals surface area contributed by atoms with Gasteiger partial charge in [0.05, 0.1) is 6.20 Å². The van der Waals surface area contributed by atoms with Crippen LogP contribution >= 0.6 is 0 Å². The summed E-state index contributed by atoms with van der Waals surface area (Å²) in [7, 11) is 5.71. The van der Waals surface area contributed by atoms with Crippen LogP contribution in [0.5, 0.6) is 0 Å². The van der Waals surface area contributed by atoms with Gasteiger partial charge in [-0.05, 0) is 30.7 Å². The quantitative estimate of drug-likeness (QED) is 0.723. The van der Waals surface area contributed by atoms with Crippen LogP contribution in [-0.4, -0.2) is 49.5 Å². The number of hydrogen-bond acceptors (Lipinski definition) is 7. The summed E-state index contributed by atoms with van der Waals surface area (Å²) in [6, 6.07) is 8.09. The van der Waals surface area contributed by atoms with Crippen LogP contribution in [0.1, 0.15) is 6.42 Å². The van der Waals surface area contributed by atoms with Crippen molar-refractivity contribution in [1.29, 1.82) is 0 Å². The van der Waals surface area contributed by atoms with Gasteiger partial charge in [0, 0.05) is 45.7 Å². The first-order valence-electron chi connectivity index (χ1n) is 7.16. The van der Waals surface area contributed by atoms with E-state index in [9.17, 15) is 0 Å². The highest BCUT2D eigenvalue weighted by molar-refractivity contribution is 5.60. The molecule has 0 saturated carbocycles. The predicted octanol–water partition coefficient (Wildman–Crippen LogP) is 2.13. The van der Waals surface area contributed by atoms with Crippen molar-refractivity contribution in [3.05, 3.63) is 30.5 Å². The summed E-state index contributed by atoms with van der Waals surface area (Å²) in [4.78, 5) is 6.43. The smallest absolute Gasteiger partial charge is 0.244 e. The minimum absolute atomic E-state index is 0.506. The van der Waals surface area contributed by atoms with Crippen molar-refractivity contribution in [3.8, 4) is 0 Å². The van der Waals surface area contributed by atoms with Gasteiger partial charge in [-0.3, -0.25) is 0 Å². The van der Waals surface area contributed by atoms with Crippen LogP contribution in [0, 0.1) is 0 Å². The van der Waals surface area contributed by atoms with E-state index < -0.39 is 0 Å². The Labute approximate surface area is 130 Å². The summed E-state index contributed by atoms with van der Waals surface area (Å²) in [5.74, 6) is 1.16. The molecular weight excluding hydrogens is 280 g/mol. The van der Waals surface area contributed by atoms with Crippen molar-refractivity contribution in [3.63, 3.8) is 0 Å². The molecule has 7 nitrogen and oxygen atoms in total. The second kappa shape index (κ2) is 8.14. The fourth-order valence-corrected chi connectivity index (χ4v) is 1.85. The molecule has 1 heterocycles. The number of ether oxygens (including phenoxy) is 1. The molecule has 0 aliphatic heterocycles. The third-order valence-corrected chi connectivity index (χ3v) is 3.02. The molecule has 0 unspecified atom stereocenters. The molecular formula is C15H22N6O. The second-order valence-electron chi connectivity index (χ2n) is 5.00. The molecule has 22 heavy (non-hydrogen) atoms. The molecule has 0 bridgehead atoms. The van der Waals surface area contributed by atoms with Gasteiger partial charge in [-0.15, -0.1) is 5.10 Å². The van der Waals surface area contributed by atoms with Gasteiger partial charge in [0.2, 0.25) is 5.95 Å². The molecule has 2 N–H and O–H groups in total. The molecule has 0 fully saturated rings. The number of nitrogens with zero attached hydrogens (tertiary/aromatic N) is 4.